The van der Waals surface area contributed by atoms with Crippen molar-refractivity contribution in [3.63, 3.8) is 0 Å². The zero-order valence-corrected chi connectivity index (χ0v) is 17.7. The first-order valence-electron chi connectivity index (χ1n) is 9.82. The average Bonchev–Trinajstić information content (AvgIpc) is 2.73. The molecule has 0 aromatic heterocycles. The van der Waals surface area contributed by atoms with Crippen LogP contribution in [0.3, 0.4) is 0 Å². The van der Waals surface area contributed by atoms with Gasteiger partial charge in [0, 0.05) is 30.9 Å². The molecule has 4 N–H and O–H groups in total. The highest BCUT2D eigenvalue weighted by atomic mass is 32.2. The van der Waals surface area contributed by atoms with Crippen molar-refractivity contribution in [1.29, 1.82) is 0 Å². The SMILES string of the molecule is Cc1ccc(C(=O)NCc2ccc(NC(N)=O)cc2)cc1S(=O)(=O)N1CCCCC1. The van der Waals surface area contributed by atoms with E-state index in [2.05, 4.69) is 10.6 Å². The molecular formula is C21H26N4O4S. The van der Waals surface area contributed by atoms with E-state index in [1.807, 2.05) is 0 Å². The first-order valence-corrected chi connectivity index (χ1v) is 11.3. The Balaban J connectivity index is 1.70. The number of aryl methyl sites for hydroxylation is 1. The summed E-state index contributed by atoms with van der Waals surface area (Å²) < 4.78 is 27.6. The molecular weight excluding hydrogens is 404 g/mol. The zero-order valence-electron chi connectivity index (χ0n) is 16.8. The highest BCUT2D eigenvalue weighted by molar-refractivity contribution is 7.89. The van der Waals surface area contributed by atoms with E-state index in [4.69, 9.17) is 5.73 Å². The summed E-state index contributed by atoms with van der Waals surface area (Å²) in [5.74, 6) is -0.357. The minimum absolute atomic E-state index is 0.180. The van der Waals surface area contributed by atoms with Gasteiger partial charge in [-0.05, 0) is 55.2 Å². The van der Waals surface area contributed by atoms with E-state index in [-0.39, 0.29) is 17.3 Å². The molecule has 3 amide bonds. The molecule has 30 heavy (non-hydrogen) atoms. The maximum absolute atomic E-state index is 13.0. The molecule has 0 aliphatic carbocycles. The molecule has 1 saturated heterocycles. The van der Waals surface area contributed by atoms with Crippen LogP contribution in [-0.2, 0) is 16.6 Å². The summed E-state index contributed by atoms with van der Waals surface area (Å²) in [6, 6.07) is 11.0. The number of nitrogens with two attached hydrogens (primary N) is 1. The van der Waals surface area contributed by atoms with Crippen LogP contribution in [0.1, 0.15) is 40.7 Å². The third-order valence-corrected chi connectivity index (χ3v) is 7.10. The van der Waals surface area contributed by atoms with Gasteiger partial charge in [-0.15, -0.1) is 0 Å². The van der Waals surface area contributed by atoms with Crippen LogP contribution in [0.15, 0.2) is 47.4 Å². The van der Waals surface area contributed by atoms with Gasteiger partial charge in [0.05, 0.1) is 4.90 Å². The Hall–Kier alpha value is -2.91. The quantitative estimate of drug-likeness (QED) is 0.652. The first-order chi connectivity index (χ1) is 14.3. The van der Waals surface area contributed by atoms with Crippen LogP contribution in [-0.4, -0.2) is 37.8 Å². The van der Waals surface area contributed by atoms with Crippen molar-refractivity contribution in [2.75, 3.05) is 18.4 Å². The Kier molecular flexibility index (Phi) is 6.73. The van der Waals surface area contributed by atoms with E-state index < -0.39 is 16.1 Å². The van der Waals surface area contributed by atoms with Crippen LogP contribution < -0.4 is 16.4 Å². The molecule has 160 valence electrons. The molecule has 2 aromatic carbocycles. The van der Waals surface area contributed by atoms with Gasteiger partial charge in [-0.3, -0.25) is 4.79 Å². The number of hydrogen-bond donors (Lipinski definition) is 3. The van der Waals surface area contributed by atoms with Crippen LogP contribution in [0.2, 0.25) is 0 Å². The lowest BCUT2D eigenvalue weighted by atomic mass is 10.1. The van der Waals surface area contributed by atoms with E-state index in [9.17, 15) is 18.0 Å². The molecule has 0 radical (unpaired) electrons. The number of hydrogen-bond acceptors (Lipinski definition) is 4. The summed E-state index contributed by atoms with van der Waals surface area (Å²) in [5, 5.41) is 5.26. The first kappa shape index (κ1) is 21.8. The molecule has 1 heterocycles. The molecule has 3 rings (SSSR count). The minimum Gasteiger partial charge on any atom is -0.351 e. The topological polar surface area (TPSA) is 122 Å². The maximum Gasteiger partial charge on any atom is 0.316 e. The Bertz CT molecular complexity index is 1030. The largest absolute Gasteiger partial charge is 0.351 e. The number of benzene rings is 2. The summed E-state index contributed by atoms with van der Waals surface area (Å²) >= 11 is 0. The predicted octanol–water partition coefficient (Wildman–Crippen LogP) is 2.59. The van der Waals surface area contributed by atoms with Crippen LogP contribution in [0.4, 0.5) is 10.5 Å². The number of amides is 3. The number of anilines is 1. The van der Waals surface area contributed by atoms with Crippen molar-refractivity contribution in [3.8, 4) is 0 Å². The Morgan fingerprint density at radius 2 is 1.70 bits per heavy atom. The lowest BCUT2D eigenvalue weighted by molar-refractivity contribution is 0.0950. The fourth-order valence-electron chi connectivity index (χ4n) is 3.40. The molecule has 8 nitrogen and oxygen atoms in total. The standard InChI is InChI=1S/C21H26N4O4S/c1-15-5-8-17(13-19(15)30(28,29)25-11-3-2-4-12-25)20(26)23-14-16-6-9-18(10-7-16)24-21(22)27/h5-10,13H,2-4,11-12,14H2,1H3,(H,23,26)(H3,22,24,27). The Morgan fingerprint density at radius 1 is 1.03 bits per heavy atom. The molecule has 0 atom stereocenters. The second-order valence-electron chi connectivity index (χ2n) is 7.31. The van der Waals surface area contributed by atoms with Crippen LogP contribution in [0.5, 0.6) is 0 Å². The second-order valence-corrected chi connectivity index (χ2v) is 9.22. The van der Waals surface area contributed by atoms with Gasteiger partial charge in [-0.25, -0.2) is 13.2 Å². The van der Waals surface area contributed by atoms with Gasteiger partial charge >= 0.3 is 6.03 Å². The predicted molar refractivity (Wildman–Crippen MR) is 115 cm³/mol. The Labute approximate surface area is 176 Å². The van der Waals surface area contributed by atoms with Crippen molar-refractivity contribution in [1.82, 2.24) is 9.62 Å². The monoisotopic (exact) mass is 430 g/mol. The number of carbonyl (C=O) groups excluding carboxylic acids is 2. The molecule has 2 aromatic rings. The number of sulfonamides is 1. The van der Waals surface area contributed by atoms with Crippen LogP contribution >= 0.6 is 0 Å². The second kappa shape index (κ2) is 9.27. The minimum atomic E-state index is -3.62. The zero-order chi connectivity index (χ0) is 21.7. The number of primary amides is 1. The smallest absolute Gasteiger partial charge is 0.316 e. The third-order valence-electron chi connectivity index (χ3n) is 5.06. The Morgan fingerprint density at radius 3 is 2.33 bits per heavy atom. The van der Waals surface area contributed by atoms with E-state index in [0.717, 1.165) is 24.8 Å². The molecule has 0 spiro atoms. The van der Waals surface area contributed by atoms with E-state index in [1.54, 1.807) is 43.3 Å². The van der Waals surface area contributed by atoms with E-state index in [0.29, 0.717) is 29.9 Å². The van der Waals surface area contributed by atoms with Gasteiger partial charge in [0.1, 0.15) is 0 Å². The average molecular weight is 431 g/mol. The number of piperidine rings is 1. The molecule has 9 heteroatoms. The van der Waals surface area contributed by atoms with Crippen molar-refractivity contribution >= 4 is 27.6 Å². The molecule has 1 aliphatic rings. The number of nitrogens with one attached hydrogen (secondary N) is 2. The van der Waals surface area contributed by atoms with Crippen molar-refractivity contribution in [2.24, 2.45) is 5.73 Å². The number of carbonyl (C=O) groups is 2. The van der Waals surface area contributed by atoms with Gasteiger partial charge in [-0.2, -0.15) is 4.31 Å². The number of rotatable bonds is 6. The molecule has 0 bridgehead atoms. The molecule has 0 saturated carbocycles. The van der Waals surface area contributed by atoms with Crippen molar-refractivity contribution in [2.45, 2.75) is 37.6 Å². The fraction of sp³-hybridized carbons (Fsp3) is 0.333. The molecule has 0 unspecified atom stereocenters. The van der Waals surface area contributed by atoms with Crippen LogP contribution in [0.25, 0.3) is 0 Å². The normalized spacial score (nSPS) is 14.8. The van der Waals surface area contributed by atoms with E-state index >= 15 is 0 Å². The summed E-state index contributed by atoms with van der Waals surface area (Å²) in [7, 11) is -3.62. The highest BCUT2D eigenvalue weighted by Crippen LogP contribution is 2.24. The van der Waals surface area contributed by atoms with Gasteiger partial charge in [-0.1, -0.05) is 24.6 Å². The maximum atomic E-state index is 13.0. The highest BCUT2D eigenvalue weighted by Gasteiger charge is 2.28. The van der Waals surface area contributed by atoms with E-state index in [1.165, 1.54) is 10.4 Å². The summed E-state index contributed by atoms with van der Waals surface area (Å²) in [5.41, 5.74) is 7.37. The molecule has 1 aliphatic heterocycles. The van der Waals surface area contributed by atoms with Gasteiger partial charge in [0.15, 0.2) is 0 Å². The number of nitrogens with zero attached hydrogens (tertiary/aromatic N) is 1. The molecule has 1 fully saturated rings. The van der Waals surface area contributed by atoms with Gasteiger partial charge in [0.2, 0.25) is 10.0 Å². The fourth-order valence-corrected chi connectivity index (χ4v) is 5.16. The van der Waals surface area contributed by atoms with Crippen molar-refractivity contribution in [3.05, 3.63) is 59.2 Å². The van der Waals surface area contributed by atoms with Crippen LogP contribution in [0, 0.1) is 6.92 Å². The summed E-state index contributed by atoms with van der Waals surface area (Å²) in [6.45, 7) is 3.02. The summed E-state index contributed by atoms with van der Waals surface area (Å²) in [6.07, 6.45) is 2.74. The van der Waals surface area contributed by atoms with Gasteiger partial charge < -0.3 is 16.4 Å². The lowest BCUT2D eigenvalue weighted by Crippen LogP contribution is -2.36. The number of urea groups is 1. The van der Waals surface area contributed by atoms with Gasteiger partial charge in [0.25, 0.3) is 5.91 Å². The third kappa shape index (κ3) is 5.17. The summed E-state index contributed by atoms with van der Waals surface area (Å²) in [4.78, 5) is 23.6. The van der Waals surface area contributed by atoms with Crippen molar-refractivity contribution < 1.29 is 18.0 Å². The lowest BCUT2D eigenvalue weighted by Gasteiger charge is -2.26.